The number of piperidine rings is 1. The summed E-state index contributed by atoms with van der Waals surface area (Å²) in [4.78, 5) is 28.1. The van der Waals surface area contributed by atoms with Crippen LogP contribution in [0.15, 0.2) is 54.2 Å². The van der Waals surface area contributed by atoms with Crippen LogP contribution in [0, 0.1) is 11.3 Å². The molecule has 3 heterocycles. The summed E-state index contributed by atoms with van der Waals surface area (Å²) in [6.07, 6.45) is 6.61. The number of ether oxygens (including phenoxy) is 2. The van der Waals surface area contributed by atoms with Gasteiger partial charge in [0.2, 0.25) is 12.7 Å². The molecular weight excluding hydrogens is 468 g/mol. The third kappa shape index (κ3) is 5.03. The second-order valence-electron chi connectivity index (χ2n) is 9.70. The van der Waals surface area contributed by atoms with Gasteiger partial charge in [0.15, 0.2) is 11.5 Å². The van der Waals surface area contributed by atoms with Gasteiger partial charge >= 0.3 is 0 Å². The quantitative estimate of drug-likeness (QED) is 0.402. The summed E-state index contributed by atoms with van der Waals surface area (Å²) >= 11 is 0. The van der Waals surface area contributed by atoms with E-state index in [0.29, 0.717) is 11.5 Å². The van der Waals surface area contributed by atoms with Gasteiger partial charge in [0, 0.05) is 41.3 Å². The predicted molar refractivity (Wildman–Crippen MR) is 140 cm³/mol. The SMILES string of the molecule is C[C@@H]1CCC[C@@H](C)N1C(=O)Cn1cc(/C=C(\C#N)C(=O)NCc2ccc3c(c2)OCO3)c2ccccc21. The average molecular weight is 499 g/mol. The lowest BCUT2D eigenvalue weighted by atomic mass is 9.97. The minimum atomic E-state index is -0.468. The number of rotatable bonds is 6. The Kier molecular flexibility index (Phi) is 6.87. The van der Waals surface area contributed by atoms with Crippen molar-refractivity contribution in [3.8, 4) is 17.6 Å². The van der Waals surface area contributed by atoms with E-state index < -0.39 is 5.91 Å². The third-order valence-corrected chi connectivity index (χ3v) is 7.16. The molecule has 2 aliphatic heterocycles. The highest BCUT2D eigenvalue weighted by atomic mass is 16.7. The van der Waals surface area contributed by atoms with Gasteiger partial charge in [-0.15, -0.1) is 0 Å². The van der Waals surface area contributed by atoms with Crippen LogP contribution < -0.4 is 14.8 Å². The van der Waals surface area contributed by atoms with Crippen molar-refractivity contribution in [2.75, 3.05) is 6.79 Å². The molecule has 2 aliphatic rings. The molecule has 8 heteroatoms. The van der Waals surface area contributed by atoms with Crippen molar-refractivity contribution >= 4 is 28.8 Å². The van der Waals surface area contributed by atoms with E-state index in [1.165, 1.54) is 0 Å². The highest BCUT2D eigenvalue weighted by molar-refractivity contribution is 6.04. The van der Waals surface area contributed by atoms with Gasteiger partial charge in [0.1, 0.15) is 18.2 Å². The smallest absolute Gasteiger partial charge is 0.262 e. The zero-order chi connectivity index (χ0) is 25.9. The second-order valence-corrected chi connectivity index (χ2v) is 9.70. The fourth-order valence-electron chi connectivity index (χ4n) is 5.29. The van der Waals surface area contributed by atoms with Gasteiger partial charge in [-0.1, -0.05) is 24.3 Å². The molecule has 0 spiro atoms. The molecule has 8 nitrogen and oxygen atoms in total. The van der Waals surface area contributed by atoms with E-state index >= 15 is 0 Å². The number of hydrogen-bond donors (Lipinski definition) is 1. The fraction of sp³-hybridized carbons (Fsp3) is 0.345. The number of nitrogens with one attached hydrogen (secondary N) is 1. The van der Waals surface area contributed by atoms with Crippen molar-refractivity contribution in [3.05, 3.63) is 65.4 Å². The molecule has 0 saturated carbocycles. The van der Waals surface area contributed by atoms with Crippen LogP contribution in [0.1, 0.15) is 44.2 Å². The van der Waals surface area contributed by atoms with Crippen LogP contribution in [-0.4, -0.2) is 40.2 Å². The van der Waals surface area contributed by atoms with Crippen LogP contribution in [0.25, 0.3) is 17.0 Å². The number of nitrogens with zero attached hydrogens (tertiary/aromatic N) is 3. The van der Waals surface area contributed by atoms with Gasteiger partial charge in [-0.3, -0.25) is 9.59 Å². The molecule has 3 aromatic rings. The molecule has 0 unspecified atom stereocenters. The molecule has 0 radical (unpaired) electrons. The van der Waals surface area contributed by atoms with Crippen molar-refractivity contribution in [2.45, 2.75) is 58.3 Å². The first-order chi connectivity index (χ1) is 17.9. The number of likely N-dealkylation sites (tertiary alicyclic amines) is 1. The first-order valence-corrected chi connectivity index (χ1v) is 12.6. The van der Waals surface area contributed by atoms with Crippen LogP contribution in [0.3, 0.4) is 0 Å². The van der Waals surface area contributed by atoms with Crippen molar-refractivity contribution in [2.24, 2.45) is 0 Å². The molecule has 37 heavy (non-hydrogen) atoms. The summed E-state index contributed by atoms with van der Waals surface area (Å²) in [5.41, 5.74) is 2.44. The molecule has 0 aliphatic carbocycles. The molecule has 190 valence electrons. The Morgan fingerprint density at radius 1 is 1.11 bits per heavy atom. The van der Waals surface area contributed by atoms with Gasteiger partial charge in [0.25, 0.3) is 5.91 Å². The molecule has 2 aromatic carbocycles. The first-order valence-electron chi connectivity index (χ1n) is 12.6. The summed E-state index contributed by atoms with van der Waals surface area (Å²) in [6.45, 7) is 4.85. The summed E-state index contributed by atoms with van der Waals surface area (Å²) in [6, 6.07) is 15.6. The molecule has 1 aromatic heterocycles. The second kappa shape index (κ2) is 10.4. The Balaban J connectivity index is 1.35. The largest absolute Gasteiger partial charge is 0.454 e. The number of hydrogen-bond acceptors (Lipinski definition) is 5. The van der Waals surface area contributed by atoms with Crippen LogP contribution in [0.2, 0.25) is 0 Å². The Labute approximate surface area is 216 Å². The number of benzene rings is 2. The van der Waals surface area contributed by atoms with Crippen molar-refractivity contribution in [1.82, 2.24) is 14.8 Å². The van der Waals surface area contributed by atoms with E-state index in [1.54, 1.807) is 12.1 Å². The Bertz CT molecular complexity index is 1410. The minimum Gasteiger partial charge on any atom is -0.454 e. The Hall–Kier alpha value is -4.25. The molecule has 1 fully saturated rings. The first kappa shape index (κ1) is 24.4. The zero-order valence-electron chi connectivity index (χ0n) is 21.1. The minimum absolute atomic E-state index is 0.00625. The zero-order valence-corrected chi connectivity index (χ0v) is 21.1. The third-order valence-electron chi connectivity index (χ3n) is 7.16. The monoisotopic (exact) mass is 498 g/mol. The van der Waals surface area contributed by atoms with Gasteiger partial charge in [-0.25, -0.2) is 0 Å². The van der Waals surface area contributed by atoms with Crippen LogP contribution in [0.5, 0.6) is 11.5 Å². The van der Waals surface area contributed by atoms with Gasteiger partial charge in [-0.2, -0.15) is 5.26 Å². The fourth-order valence-corrected chi connectivity index (χ4v) is 5.29. The normalized spacial score (nSPS) is 19.1. The molecule has 1 saturated heterocycles. The standard InChI is InChI=1S/C29H30N4O4/c1-19-6-5-7-20(2)33(19)28(34)17-32-16-23(24-8-3-4-9-25(24)32)13-22(14-30)29(35)31-15-21-10-11-26-27(12-21)37-18-36-26/h3-4,8-13,16,19-20H,5-7,15,17-18H2,1-2H3,(H,31,35)/b22-13+/t19-,20-/m1/s1. The lowest BCUT2D eigenvalue weighted by Crippen LogP contribution is -2.48. The van der Waals surface area contributed by atoms with E-state index in [-0.39, 0.29) is 43.4 Å². The molecular formula is C29H30N4O4. The maximum Gasteiger partial charge on any atom is 0.262 e. The van der Waals surface area contributed by atoms with E-state index in [4.69, 9.17) is 9.47 Å². The number of fused-ring (bicyclic) bond motifs is 2. The van der Waals surface area contributed by atoms with Crippen molar-refractivity contribution in [3.63, 3.8) is 0 Å². The Morgan fingerprint density at radius 2 is 1.86 bits per heavy atom. The number of carbonyl (C=O) groups is 2. The maximum atomic E-state index is 13.3. The van der Waals surface area contributed by atoms with Crippen LogP contribution in [0.4, 0.5) is 0 Å². The number of para-hydroxylation sites is 1. The molecule has 5 rings (SSSR count). The molecule has 1 N–H and O–H groups in total. The van der Waals surface area contributed by atoms with Gasteiger partial charge in [-0.05, 0) is 62.9 Å². The predicted octanol–water partition coefficient (Wildman–Crippen LogP) is 4.38. The van der Waals surface area contributed by atoms with E-state index in [2.05, 4.69) is 19.2 Å². The van der Waals surface area contributed by atoms with Crippen molar-refractivity contribution in [1.29, 1.82) is 5.26 Å². The molecule has 2 atom stereocenters. The van der Waals surface area contributed by atoms with Crippen molar-refractivity contribution < 1.29 is 19.1 Å². The van der Waals surface area contributed by atoms with E-state index in [0.717, 1.165) is 41.3 Å². The summed E-state index contributed by atoms with van der Waals surface area (Å²) in [5, 5.41) is 13.4. The molecule has 2 amide bonds. The van der Waals surface area contributed by atoms with E-state index in [1.807, 2.05) is 58.1 Å². The van der Waals surface area contributed by atoms with Crippen LogP contribution in [-0.2, 0) is 22.7 Å². The maximum absolute atomic E-state index is 13.3. The lowest BCUT2D eigenvalue weighted by Gasteiger charge is -2.39. The van der Waals surface area contributed by atoms with Crippen LogP contribution >= 0.6 is 0 Å². The molecule has 0 bridgehead atoms. The highest BCUT2D eigenvalue weighted by Crippen LogP contribution is 2.32. The van der Waals surface area contributed by atoms with Gasteiger partial charge in [0.05, 0.1) is 0 Å². The summed E-state index contributed by atoms with van der Waals surface area (Å²) in [5.74, 6) is 0.923. The topological polar surface area (TPSA) is 96.6 Å². The lowest BCUT2D eigenvalue weighted by molar-refractivity contribution is -0.137. The summed E-state index contributed by atoms with van der Waals surface area (Å²) in [7, 11) is 0. The van der Waals surface area contributed by atoms with Gasteiger partial charge < -0.3 is 24.3 Å². The highest BCUT2D eigenvalue weighted by Gasteiger charge is 2.29. The number of nitriles is 1. The Morgan fingerprint density at radius 3 is 2.65 bits per heavy atom. The summed E-state index contributed by atoms with van der Waals surface area (Å²) < 4.78 is 12.6. The van der Waals surface area contributed by atoms with E-state index in [9.17, 15) is 14.9 Å². The average Bonchev–Trinajstić information content (AvgIpc) is 3.50. The number of amides is 2. The number of carbonyl (C=O) groups excluding carboxylic acids is 2. The number of aromatic nitrogens is 1.